The highest BCUT2D eigenvalue weighted by Gasteiger charge is 2.50. The predicted octanol–water partition coefficient (Wildman–Crippen LogP) is 1.17. The van der Waals surface area contributed by atoms with E-state index >= 15 is 0 Å². The number of aliphatic hydroxyl groups excluding tert-OH is 4. The second-order valence-electron chi connectivity index (χ2n) is 8.12. The molecular formula is C27H29NO6. The minimum Gasteiger partial charge on any atom is -0.394 e. The number of carbonyl (C=O) groups is 2. The molecule has 7 nitrogen and oxygen atoms in total. The van der Waals surface area contributed by atoms with Crippen LogP contribution in [-0.2, 0) is 15.0 Å². The van der Waals surface area contributed by atoms with E-state index in [1.54, 1.807) is 72.8 Å². The lowest BCUT2D eigenvalue weighted by molar-refractivity contribution is -0.138. The molecule has 3 aromatic carbocycles. The van der Waals surface area contributed by atoms with Gasteiger partial charge in [0.05, 0.1) is 6.61 Å². The lowest BCUT2D eigenvalue weighted by atomic mass is 9.64. The van der Waals surface area contributed by atoms with E-state index in [0.29, 0.717) is 16.7 Å². The Morgan fingerprint density at radius 1 is 0.735 bits per heavy atom. The minimum atomic E-state index is -1.89. The van der Waals surface area contributed by atoms with E-state index in [0.717, 1.165) is 0 Å². The van der Waals surface area contributed by atoms with Gasteiger partial charge in [0.15, 0.2) is 5.78 Å². The first-order chi connectivity index (χ1) is 16.3. The fraction of sp³-hybridized carbons (Fsp3) is 0.259. The molecule has 3 rings (SSSR count). The van der Waals surface area contributed by atoms with Crippen LogP contribution in [0.3, 0.4) is 0 Å². The molecule has 0 unspecified atom stereocenters. The predicted molar refractivity (Wildman–Crippen MR) is 127 cm³/mol. The lowest BCUT2D eigenvalue weighted by Gasteiger charge is -2.39. The van der Waals surface area contributed by atoms with Crippen molar-refractivity contribution in [1.29, 1.82) is 0 Å². The molecule has 3 aromatic rings. The Bertz CT molecular complexity index is 977. The monoisotopic (exact) mass is 463 g/mol. The van der Waals surface area contributed by atoms with Gasteiger partial charge in [-0.25, -0.2) is 0 Å². The van der Waals surface area contributed by atoms with Gasteiger partial charge in [-0.2, -0.15) is 0 Å². The number of Topliss-reactive ketones (excluding diaryl/α,β-unsaturated/α-hetero) is 1. The van der Waals surface area contributed by atoms with Crippen LogP contribution in [-0.4, -0.2) is 63.1 Å². The van der Waals surface area contributed by atoms with Gasteiger partial charge in [0.2, 0.25) is 5.91 Å². The Labute approximate surface area is 198 Å². The van der Waals surface area contributed by atoms with E-state index in [4.69, 9.17) is 0 Å². The number of ketones is 1. The van der Waals surface area contributed by atoms with Crippen molar-refractivity contribution in [1.82, 2.24) is 5.32 Å². The second kappa shape index (κ2) is 11.2. The van der Waals surface area contributed by atoms with Crippen LogP contribution in [0.25, 0.3) is 0 Å². The standard InChI is InChI=1S/C27H29NO6/c1-18(30)28-23(25(33)24(32)22(31)17-29)26(34)27(19-11-5-2-6-12-19,20-13-7-3-8-14-20)21-15-9-4-10-16-21/h2-16,22-25,29,31-33H,17H2,1H3,(H,28,30)/t22-,23-,24+,25-/m1/s1. The Balaban J connectivity index is 2.32. The molecule has 0 saturated heterocycles. The molecule has 4 atom stereocenters. The van der Waals surface area contributed by atoms with Gasteiger partial charge in [-0.3, -0.25) is 9.59 Å². The molecule has 34 heavy (non-hydrogen) atoms. The highest BCUT2D eigenvalue weighted by Crippen LogP contribution is 2.41. The number of rotatable bonds is 10. The molecule has 5 N–H and O–H groups in total. The number of nitrogens with one attached hydrogen (secondary N) is 1. The highest BCUT2D eigenvalue weighted by atomic mass is 16.4. The van der Waals surface area contributed by atoms with Crippen LogP contribution in [0, 0.1) is 0 Å². The van der Waals surface area contributed by atoms with E-state index in [2.05, 4.69) is 5.32 Å². The summed E-state index contributed by atoms with van der Waals surface area (Å²) in [6.07, 6.45) is -5.49. The van der Waals surface area contributed by atoms with Gasteiger partial charge in [0.25, 0.3) is 0 Å². The van der Waals surface area contributed by atoms with Crippen LogP contribution in [0.4, 0.5) is 0 Å². The number of carbonyl (C=O) groups excluding carboxylic acids is 2. The summed E-state index contributed by atoms with van der Waals surface area (Å²) in [6, 6.07) is 25.3. The van der Waals surface area contributed by atoms with Crippen LogP contribution >= 0.6 is 0 Å². The van der Waals surface area contributed by atoms with Crippen molar-refractivity contribution in [3.8, 4) is 0 Å². The third kappa shape index (κ3) is 4.93. The van der Waals surface area contributed by atoms with E-state index in [9.17, 15) is 30.0 Å². The summed E-state index contributed by atoms with van der Waals surface area (Å²) in [5, 5.41) is 43.0. The van der Waals surface area contributed by atoms with E-state index in [1.165, 1.54) is 6.92 Å². The topological polar surface area (TPSA) is 127 Å². The van der Waals surface area contributed by atoms with Crippen LogP contribution in [0.5, 0.6) is 0 Å². The third-order valence-electron chi connectivity index (χ3n) is 5.90. The summed E-state index contributed by atoms with van der Waals surface area (Å²) < 4.78 is 0. The number of aliphatic hydroxyl groups is 4. The van der Waals surface area contributed by atoms with Gasteiger partial charge < -0.3 is 25.7 Å². The van der Waals surface area contributed by atoms with Crippen molar-refractivity contribution in [2.75, 3.05) is 6.61 Å². The van der Waals surface area contributed by atoms with Gasteiger partial charge in [-0.05, 0) is 16.7 Å². The summed E-state index contributed by atoms with van der Waals surface area (Å²) >= 11 is 0. The second-order valence-corrected chi connectivity index (χ2v) is 8.12. The molecule has 0 aliphatic heterocycles. The van der Waals surface area contributed by atoms with Crippen LogP contribution in [0.1, 0.15) is 23.6 Å². The molecule has 0 fully saturated rings. The summed E-state index contributed by atoms with van der Waals surface area (Å²) in [6.45, 7) is 0.359. The molecule has 0 radical (unpaired) electrons. The molecule has 0 heterocycles. The fourth-order valence-electron chi connectivity index (χ4n) is 4.28. The number of hydrogen-bond donors (Lipinski definition) is 5. The van der Waals surface area contributed by atoms with Crippen molar-refractivity contribution in [3.63, 3.8) is 0 Å². The number of benzene rings is 3. The summed E-state index contributed by atoms with van der Waals surface area (Å²) in [4.78, 5) is 26.6. The van der Waals surface area contributed by atoms with Gasteiger partial charge >= 0.3 is 0 Å². The molecule has 0 spiro atoms. The van der Waals surface area contributed by atoms with Gasteiger partial charge in [0, 0.05) is 6.92 Å². The summed E-state index contributed by atoms with van der Waals surface area (Å²) in [7, 11) is 0. The molecule has 0 saturated carbocycles. The maximum Gasteiger partial charge on any atom is 0.217 e. The zero-order chi connectivity index (χ0) is 24.7. The van der Waals surface area contributed by atoms with Crippen molar-refractivity contribution in [2.45, 2.75) is 36.7 Å². The number of amides is 1. The molecule has 0 bridgehead atoms. The summed E-state index contributed by atoms with van der Waals surface area (Å²) in [5.41, 5.74) is 0.313. The Hall–Kier alpha value is -3.36. The Morgan fingerprint density at radius 2 is 1.12 bits per heavy atom. The first-order valence-corrected chi connectivity index (χ1v) is 11.0. The zero-order valence-electron chi connectivity index (χ0n) is 18.8. The van der Waals surface area contributed by atoms with E-state index < -0.39 is 48.1 Å². The fourth-order valence-corrected chi connectivity index (χ4v) is 4.28. The first kappa shape index (κ1) is 25.3. The van der Waals surface area contributed by atoms with E-state index in [1.807, 2.05) is 18.2 Å². The quantitative estimate of drug-likeness (QED) is 0.287. The van der Waals surface area contributed by atoms with Crippen LogP contribution in [0.2, 0.25) is 0 Å². The Morgan fingerprint density at radius 3 is 1.44 bits per heavy atom. The normalized spacial score (nSPS) is 15.1. The summed E-state index contributed by atoms with van der Waals surface area (Å²) in [5.74, 6) is -1.21. The van der Waals surface area contributed by atoms with E-state index in [-0.39, 0.29) is 0 Å². The van der Waals surface area contributed by atoms with Crippen molar-refractivity contribution < 1.29 is 30.0 Å². The lowest BCUT2D eigenvalue weighted by Crippen LogP contribution is -2.60. The molecular weight excluding hydrogens is 434 g/mol. The zero-order valence-corrected chi connectivity index (χ0v) is 18.8. The molecule has 7 heteroatoms. The average Bonchev–Trinajstić information content (AvgIpc) is 2.88. The molecule has 0 aliphatic carbocycles. The average molecular weight is 464 g/mol. The first-order valence-electron chi connectivity index (χ1n) is 11.0. The third-order valence-corrected chi connectivity index (χ3v) is 5.90. The largest absolute Gasteiger partial charge is 0.394 e. The van der Waals surface area contributed by atoms with Gasteiger partial charge in [-0.15, -0.1) is 0 Å². The molecule has 0 aromatic heterocycles. The van der Waals surface area contributed by atoms with Crippen LogP contribution in [0.15, 0.2) is 91.0 Å². The van der Waals surface area contributed by atoms with Crippen molar-refractivity contribution >= 4 is 11.7 Å². The van der Waals surface area contributed by atoms with Crippen molar-refractivity contribution in [3.05, 3.63) is 108 Å². The minimum absolute atomic E-state index is 0.595. The number of hydrogen-bond acceptors (Lipinski definition) is 6. The smallest absolute Gasteiger partial charge is 0.217 e. The molecule has 0 aliphatic rings. The van der Waals surface area contributed by atoms with Gasteiger partial charge in [0.1, 0.15) is 29.8 Å². The SMILES string of the molecule is CC(=O)N[C@@H](C(=O)C(c1ccccc1)(c1ccccc1)c1ccccc1)[C@@H](O)[C@@H](O)[C@H](O)CO. The van der Waals surface area contributed by atoms with Crippen molar-refractivity contribution in [2.24, 2.45) is 0 Å². The van der Waals surface area contributed by atoms with Crippen LogP contribution < -0.4 is 5.32 Å². The maximum absolute atomic E-state index is 14.5. The molecule has 178 valence electrons. The Kier molecular flexibility index (Phi) is 8.31. The maximum atomic E-state index is 14.5. The molecule has 1 amide bonds. The van der Waals surface area contributed by atoms with Gasteiger partial charge in [-0.1, -0.05) is 91.0 Å². The highest BCUT2D eigenvalue weighted by molar-refractivity contribution is 6.03.